The molecule has 2 amide bonds. The van der Waals surface area contributed by atoms with Crippen LogP contribution in [0, 0.1) is 17.8 Å². The normalized spacial score (nSPS) is 24.9. The summed E-state index contributed by atoms with van der Waals surface area (Å²) < 4.78 is 0. The molecule has 2 N–H and O–H groups in total. The monoisotopic (exact) mass is 228 g/mol. The summed E-state index contributed by atoms with van der Waals surface area (Å²) in [6, 6.07) is -0.149. The molecule has 5 heteroatoms. The highest BCUT2D eigenvalue weighted by atomic mass is 16.4. The molecule has 2 unspecified atom stereocenters. The largest absolute Gasteiger partial charge is 0.481 e. The van der Waals surface area contributed by atoms with Gasteiger partial charge in [-0.1, -0.05) is 20.8 Å². The molecule has 1 rings (SSSR count). The summed E-state index contributed by atoms with van der Waals surface area (Å²) in [6.45, 7) is 7.39. The van der Waals surface area contributed by atoms with Crippen molar-refractivity contribution in [2.45, 2.75) is 20.8 Å². The van der Waals surface area contributed by atoms with Crippen LogP contribution in [-0.4, -0.2) is 41.6 Å². The van der Waals surface area contributed by atoms with Gasteiger partial charge >= 0.3 is 12.0 Å². The molecule has 16 heavy (non-hydrogen) atoms. The van der Waals surface area contributed by atoms with Crippen molar-refractivity contribution >= 4 is 12.0 Å². The van der Waals surface area contributed by atoms with Crippen LogP contribution in [0.3, 0.4) is 0 Å². The lowest BCUT2D eigenvalue weighted by Gasteiger charge is -2.17. The van der Waals surface area contributed by atoms with E-state index in [4.69, 9.17) is 5.11 Å². The van der Waals surface area contributed by atoms with Gasteiger partial charge < -0.3 is 15.3 Å². The van der Waals surface area contributed by atoms with Crippen LogP contribution in [0.1, 0.15) is 20.8 Å². The second-order valence-electron chi connectivity index (χ2n) is 4.91. The van der Waals surface area contributed by atoms with E-state index in [9.17, 15) is 9.59 Å². The van der Waals surface area contributed by atoms with Gasteiger partial charge in [0.25, 0.3) is 0 Å². The van der Waals surface area contributed by atoms with Gasteiger partial charge in [0.1, 0.15) is 0 Å². The molecule has 0 aromatic heterocycles. The van der Waals surface area contributed by atoms with Crippen LogP contribution in [0.4, 0.5) is 4.79 Å². The fourth-order valence-electron chi connectivity index (χ4n) is 1.86. The minimum absolute atomic E-state index is 0.0299. The molecule has 0 saturated carbocycles. The van der Waals surface area contributed by atoms with Crippen LogP contribution in [0.2, 0.25) is 0 Å². The summed E-state index contributed by atoms with van der Waals surface area (Å²) in [5, 5.41) is 11.7. The van der Waals surface area contributed by atoms with E-state index >= 15 is 0 Å². The first kappa shape index (κ1) is 12.8. The number of rotatable bonds is 3. The smallest absolute Gasteiger partial charge is 0.317 e. The van der Waals surface area contributed by atoms with E-state index in [2.05, 4.69) is 5.32 Å². The molecule has 0 aliphatic carbocycles. The Kier molecular flexibility index (Phi) is 4.15. The summed E-state index contributed by atoms with van der Waals surface area (Å²) in [5.41, 5.74) is 0. The number of hydrogen-bond acceptors (Lipinski definition) is 2. The Labute approximate surface area is 95.8 Å². The van der Waals surface area contributed by atoms with E-state index in [1.165, 1.54) is 0 Å². The highest BCUT2D eigenvalue weighted by Gasteiger charge is 2.36. The maximum absolute atomic E-state index is 11.7. The predicted octanol–water partition coefficient (Wildman–Crippen LogP) is 1.00. The van der Waals surface area contributed by atoms with E-state index in [1.54, 1.807) is 4.90 Å². The maximum atomic E-state index is 11.7. The highest BCUT2D eigenvalue weighted by Crippen LogP contribution is 2.22. The maximum Gasteiger partial charge on any atom is 0.317 e. The van der Waals surface area contributed by atoms with Crippen molar-refractivity contribution in [2.24, 2.45) is 17.8 Å². The number of nitrogens with zero attached hydrogens (tertiary/aromatic N) is 1. The van der Waals surface area contributed by atoms with Gasteiger partial charge in [-0.15, -0.1) is 0 Å². The summed E-state index contributed by atoms with van der Waals surface area (Å²) in [4.78, 5) is 24.2. The van der Waals surface area contributed by atoms with E-state index in [0.29, 0.717) is 25.6 Å². The van der Waals surface area contributed by atoms with Gasteiger partial charge in [0.2, 0.25) is 0 Å². The van der Waals surface area contributed by atoms with E-state index in [1.807, 2.05) is 20.8 Å². The first-order valence-electron chi connectivity index (χ1n) is 5.67. The number of hydrogen-bond donors (Lipinski definition) is 2. The molecule has 0 aromatic carbocycles. The number of carboxylic acids is 1. The van der Waals surface area contributed by atoms with Crippen molar-refractivity contribution in [2.75, 3.05) is 19.6 Å². The van der Waals surface area contributed by atoms with Crippen molar-refractivity contribution in [1.82, 2.24) is 10.2 Å². The molecule has 1 heterocycles. The van der Waals surface area contributed by atoms with Gasteiger partial charge in [-0.05, 0) is 11.8 Å². The van der Waals surface area contributed by atoms with Crippen LogP contribution in [0.25, 0.3) is 0 Å². The average Bonchev–Trinajstić information content (AvgIpc) is 2.56. The molecule has 1 saturated heterocycles. The molecular weight excluding hydrogens is 208 g/mol. The number of likely N-dealkylation sites (tertiary alicyclic amines) is 1. The zero-order chi connectivity index (χ0) is 12.3. The Morgan fingerprint density at radius 3 is 2.50 bits per heavy atom. The molecule has 0 radical (unpaired) electrons. The first-order valence-corrected chi connectivity index (χ1v) is 5.67. The fourth-order valence-corrected chi connectivity index (χ4v) is 1.86. The standard InChI is InChI=1S/C11H20N2O3/c1-7(2)4-12-11(16)13-5-8(3)9(6-13)10(14)15/h7-9H,4-6H2,1-3H3,(H,12,16)(H,14,15). The molecule has 1 aliphatic heterocycles. The number of amides is 2. The van der Waals surface area contributed by atoms with Gasteiger partial charge in [0.15, 0.2) is 0 Å². The second kappa shape index (κ2) is 5.18. The van der Waals surface area contributed by atoms with Crippen LogP contribution in [0.15, 0.2) is 0 Å². The zero-order valence-electron chi connectivity index (χ0n) is 10.1. The molecule has 92 valence electrons. The topological polar surface area (TPSA) is 69.6 Å². The van der Waals surface area contributed by atoms with Crippen molar-refractivity contribution in [3.05, 3.63) is 0 Å². The van der Waals surface area contributed by atoms with E-state index in [-0.39, 0.29) is 11.9 Å². The quantitative estimate of drug-likeness (QED) is 0.757. The summed E-state index contributed by atoms with van der Waals surface area (Å²) >= 11 is 0. The number of urea groups is 1. The minimum atomic E-state index is -0.813. The Morgan fingerprint density at radius 2 is 2.06 bits per heavy atom. The number of carbonyl (C=O) groups is 2. The average molecular weight is 228 g/mol. The molecular formula is C11H20N2O3. The molecule has 1 aliphatic rings. The van der Waals surface area contributed by atoms with Crippen molar-refractivity contribution in [3.63, 3.8) is 0 Å². The van der Waals surface area contributed by atoms with E-state index < -0.39 is 11.9 Å². The molecule has 1 fully saturated rings. The van der Waals surface area contributed by atoms with Crippen LogP contribution in [-0.2, 0) is 4.79 Å². The van der Waals surface area contributed by atoms with Crippen molar-refractivity contribution in [3.8, 4) is 0 Å². The molecule has 0 bridgehead atoms. The fraction of sp³-hybridized carbons (Fsp3) is 0.818. The lowest BCUT2D eigenvalue weighted by Crippen LogP contribution is -2.40. The van der Waals surface area contributed by atoms with Gasteiger partial charge in [0.05, 0.1) is 5.92 Å². The summed E-state index contributed by atoms with van der Waals surface area (Å²) in [7, 11) is 0. The Bertz CT molecular complexity index is 278. The minimum Gasteiger partial charge on any atom is -0.481 e. The number of aliphatic carboxylic acids is 1. The van der Waals surface area contributed by atoms with Gasteiger partial charge in [-0.25, -0.2) is 4.79 Å². The number of nitrogens with one attached hydrogen (secondary N) is 1. The summed E-state index contributed by atoms with van der Waals surface area (Å²) in [6.07, 6.45) is 0. The van der Waals surface area contributed by atoms with Crippen LogP contribution >= 0.6 is 0 Å². The third kappa shape index (κ3) is 3.12. The first-order chi connectivity index (χ1) is 7.41. The Balaban J connectivity index is 2.45. The van der Waals surface area contributed by atoms with Crippen molar-refractivity contribution < 1.29 is 14.7 Å². The third-order valence-electron chi connectivity index (χ3n) is 2.88. The molecule has 0 aromatic rings. The molecule has 2 atom stereocenters. The summed E-state index contributed by atoms with van der Waals surface area (Å²) in [5.74, 6) is -0.807. The highest BCUT2D eigenvalue weighted by molar-refractivity contribution is 5.77. The molecule has 0 spiro atoms. The second-order valence-corrected chi connectivity index (χ2v) is 4.91. The number of carboxylic acid groups (broad SMARTS) is 1. The van der Waals surface area contributed by atoms with Gasteiger partial charge in [-0.2, -0.15) is 0 Å². The third-order valence-corrected chi connectivity index (χ3v) is 2.88. The Hall–Kier alpha value is -1.26. The number of carbonyl (C=O) groups excluding carboxylic acids is 1. The van der Waals surface area contributed by atoms with Crippen molar-refractivity contribution in [1.29, 1.82) is 0 Å². The van der Waals surface area contributed by atoms with Gasteiger partial charge in [-0.3, -0.25) is 4.79 Å². The van der Waals surface area contributed by atoms with Crippen LogP contribution < -0.4 is 5.32 Å². The van der Waals surface area contributed by atoms with E-state index in [0.717, 1.165) is 0 Å². The zero-order valence-corrected chi connectivity index (χ0v) is 10.1. The lowest BCUT2D eigenvalue weighted by molar-refractivity contribution is -0.142. The molecule has 5 nitrogen and oxygen atoms in total. The Morgan fingerprint density at radius 1 is 1.44 bits per heavy atom. The van der Waals surface area contributed by atoms with Crippen LogP contribution in [0.5, 0.6) is 0 Å². The lowest BCUT2D eigenvalue weighted by atomic mass is 9.99. The van der Waals surface area contributed by atoms with Gasteiger partial charge in [0, 0.05) is 19.6 Å². The SMILES string of the molecule is CC(C)CNC(=O)N1CC(C)C(C(=O)O)C1. The predicted molar refractivity (Wildman–Crippen MR) is 60.1 cm³/mol.